The van der Waals surface area contributed by atoms with E-state index < -0.39 is 0 Å². The molecule has 0 spiro atoms. The molecule has 0 amide bonds. The molecule has 3 heteroatoms. The number of carbonyl (C=O) groups is 1. The minimum absolute atomic E-state index is 0.120. The number of benzene rings is 1. The number of ether oxygens (including phenoxy) is 1. The van der Waals surface area contributed by atoms with Crippen molar-refractivity contribution in [2.45, 2.75) is 32.7 Å². The quantitative estimate of drug-likeness (QED) is 0.793. The van der Waals surface area contributed by atoms with E-state index in [0.717, 1.165) is 12.1 Å². The predicted molar refractivity (Wildman–Crippen MR) is 63.5 cm³/mol. The molecule has 2 rings (SSSR count). The molecule has 0 radical (unpaired) electrons. The van der Waals surface area contributed by atoms with Crippen LogP contribution in [0.15, 0.2) is 18.2 Å². The lowest BCUT2D eigenvalue weighted by Gasteiger charge is -2.09. The van der Waals surface area contributed by atoms with E-state index in [9.17, 15) is 4.79 Å². The Labute approximate surface area is 95.8 Å². The second-order valence-electron chi connectivity index (χ2n) is 4.16. The van der Waals surface area contributed by atoms with E-state index in [4.69, 9.17) is 4.74 Å². The van der Waals surface area contributed by atoms with Crippen molar-refractivity contribution in [1.29, 1.82) is 0 Å². The average Bonchev–Trinajstić information content (AvgIpc) is 2.62. The van der Waals surface area contributed by atoms with E-state index in [0.29, 0.717) is 13.0 Å². The highest BCUT2D eigenvalue weighted by molar-refractivity contribution is 5.72. The summed E-state index contributed by atoms with van der Waals surface area (Å²) in [5, 5.41) is 3.36. The Bertz CT molecular complexity index is 401. The smallest absolute Gasteiger partial charge is 0.307 e. The van der Waals surface area contributed by atoms with Crippen LogP contribution in [-0.4, -0.2) is 18.6 Å². The molecule has 86 valence electrons. The van der Waals surface area contributed by atoms with Gasteiger partial charge in [-0.1, -0.05) is 12.1 Å². The van der Waals surface area contributed by atoms with Gasteiger partial charge in [0.15, 0.2) is 0 Å². The van der Waals surface area contributed by atoms with Crippen molar-refractivity contribution >= 4 is 11.7 Å². The van der Waals surface area contributed by atoms with E-state index in [1.54, 1.807) is 0 Å². The third kappa shape index (κ3) is 2.18. The average molecular weight is 219 g/mol. The number of carbonyl (C=O) groups excluding carboxylic acids is 1. The lowest BCUT2D eigenvalue weighted by atomic mass is 10.0. The lowest BCUT2D eigenvalue weighted by molar-refractivity contribution is -0.143. The molecule has 16 heavy (non-hydrogen) atoms. The van der Waals surface area contributed by atoms with Crippen LogP contribution in [0.4, 0.5) is 5.69 Å². The van der Waals surface area contributed by atoms with Crippen molar-refractivity contribution in [3.8, 4) is 0 Å². The maximum absolute atomic E-state index is 11.4. The van der Waals surface area contributed by atoms with Crippen LogP contribution in [0.3, 0.4) is 0 Å². The van der Waals surface area contributed by atoms with Gasteiger partial charge < -0.3 is 10.1 Å². The highest BCUT2D eigenvalue weighted by atomic mass is 16.5. The first-order valence-corrected chi connectivity index (χ1v) is 5.71. The minimum Gasteiger partial charge on any atom is -0.466 e. The van der Waals surface area contributed by atoms with Crippen LogP contribution in [0, 0.1) is 6.92 Å². The Morgan fingerprint density at radius 3 is 3.06 bits per heavy atom. The van der Waals surface area contributed by atoms with Crippen LogP contribution in [0.25, 0.3) is 0 Å². The normalized spacial score (nSPS) is 17.8. The first-order chi connectivity index (χ1) is 7.70. The van der Waals surface area contributed by atoms with Gasteiger partial charge in [-0.15, -0.1) is 0 Å². The summed E-state index contributed by atoms with van der Waals surface area (Å²) in [7, 11) is 0. The third-order valence-electron chi connectivity index (χ3n) is 2.94. The van der Waals surface area contributed by atoms with Gasteiger partial charge in [0, 0.05) is 11.7 Å². The zero-order valence-electron chi connectivity index (χ0n) is 9.75. The molecule has 1 unspecified atom stereocenters. The number of aryl methyl sites for hydroxylation is 1. The first-order valence-electron chi connectivity index (χ1n) is 5.71. The molecule has 0 saturated carbocycles. The highest BCUT2D eigenvalue weighted by Crippen LogP contribution is 2.29. The molecule has 1 N–H and O–H groups in total. The summed E-state index contributed by atoms with van der Waals surface area (Å²) in [5.74, 6) is -0.120. The van der Waals surface area contributed by atoms with Crippen molar-refractivity contribution in [2.75, 3.05) is 11.9 Å². The molecule has 1 aromatic rings. The molecule has 1 aliphatic rings. The number of hydrogen-bond acceptors (Lipinski definition) is 3. The molecule has 3 nitrogen and oxygen atoms in total. The summed E-state index contributed by atoms with van der Waals surface area (Å²) in [4.78, 5) is 11.4. The fourth-order valence-corrected chi connectivity index (χ4v) is 2.17. The van der Waals surface area contributed by atoms with Crippen molar-refractivity contribution in [2.24, 2.45) is 0 Å². The molecule has 0 aromatic heterocycles. The molecule has 0 fully saturated rings. The molecular formula is C13H17NO2. The SMILES string of the molecule is CCOC(=O)CC1Cc2c(C)cccc2N1. The largest absolute Gasteiger partial charge is 0.466 e. The molecule has 1 aromatic carbocycles. The maximum Gasteiger partial charge on any atom is 0.307 e. The van der Waals surface area contributed by atoms with Gasteiger partial charge >= 0.3 is 5.97 Å². The number of nitrogens with one attached hydrogen (secondary N) is 1. The van der Waals surface area contributed by atoms with E-state index >= 15 is 0 Å². The number of esters is 1. The van der Waals surface area contributed by atoms with Gasteiger partial charge in [-0.3, -0.25) is 4.79 Å². The van der Waals surface area contributed by atoms with Crippen LogP contribution < -0.4 is 5.32 Å². The van der Waals surface area contributed by atoms with Gasteiger partial charge in [-0.2, -0.15) is 0 Å². The van der Waals surface area contributed by atoms with Gasteiger partial charge in [0.1, 0.15) is 0 Å². The number of hydrogen-bond donors (Lipinski definition) is 1. The van der Waals surface area contributed by atoms with E-state index in [-0.39, 0.29) is 12.0 Å². The van der Waals surface area contributed by atoms with Crippen LogP contribution in [0.2, 0.25) is 0 Å². The Morgan fingerprint density at radius 1 is 1.56 bits per heavy atom. The van der Waals surface area contributed by atoms with Crippen molar-refractivity contribution < 1.29 is 9.53 Å². The van der Waals surface area contributed by atoms with Crippen LogP contribution >= 0.6 is 0 Å². The Morgan fingerprint density at radius 2 is 2.38 bits per heavy atom. The molecule has 1 atom stereocenters. The van der Waals surface area contributed by atoms with Crippen LogP contribution in [0.1, 0.15) is 24.5 Å². The number of fused-ring (bicyclic) bond motifs is 1. The Kier molecular flexibility index (Phi) is 3.13. The standard InChI is InChI=1S/C13H17NO2/c1-3-16-13(15)8-10-7-11-9(2)5-4-6-12(11)14-10/h4-6,10,14H,3,7-8H2,1-2H3. The van der Waals surface area contributed by atoms with Crippen molar-refractivity contribution in [3.63, 3.8) is 0 Å². The van der Waals surface area contributed by atoms with Crippen molar-refractivity contribution in [1.82, 2.24) is 0 Å². The van der Waals surface area contributed by atoms with E-state index in [1.165, 1.54) is 11.1 Å². The van der Waals surface area contributed by atoms with Gasteiger partial charge in [-0.25, -0.2) is 0 Å². The van der Waals surface area contributed by atoms with Crippen LogP contribution in [-0.2, 0) is 16.0 Å². The van der Waals surface area contributed by atoms with Gasteiger partial charge in [0.2, 0.25) is 0 Å². The zero-order chi connectivity index (χ0) is 11.5. The monoisotopic (exact) mass is 219 g/mol. The second kappa shape index (κ2) is 4.56. The first kappa shape index (κ1) is 11.0. The fourth-order valence-electron chi connectivity index (χ4n) is 2.17. The van der Waals surface area contributed by atoms with Gasteiger partial charge in [0.25, 0.3) is 0 Å². The Hall–Kier alpha value is -1.51. The molecular weight excluding hydrogens is 202 g/mol. The van der Waals surface area contributed by atoms with Crippen molar-refractivity contribution in [3.05, 3.63) is 29.3 Å². The summed E-state index contributed by atoms with van der Waals surface area (Å²) in [6, 6.07) is 6.39. The fraction of sp³-hybridized carbons (Fsp3) is 0.462. The summed E-state index contributed by atoms with van der Waals surface area (Å²) >= 11 is 0. The molecule has 0 bridgehead atoms. The summed E-state index contributed by atoms with van der Waals surface area (Å²) < 4.78 is 4.95. The number of anilines is 1. The molecule has 0 aliphatic carbocycles. The number of rotatable bonds is 3. The zero-order valence-corrected chi connectivity index (χ0v) is 9.75. The second-order valence-corrected chi connectivity index (χ2v) is 4.16. The summed E-state index contributed by atoms with van der Waals surface area (Å²) in [5.41, 5.74) is 3.78. The third-order valence-corrected chi connectivity index (χ3v) is 2.94. The Balaban J connectivity index is 2.00. The molecule has 1 heterocycles. The molecule has 0 saturated heterocycles. The highest BCUT2D eigenvalue weighted by Gasteiger charge is 2.24. The lowest BCUT2D eigenvalue weighted by Crippen LogP contribution is -2.21. The van der Waals surface area contributed by atoms with E-state index in [2.05, 4.69) is 24.4 Å². The van der Waals surface area contributed by atoms with E-state index in [1.807, 2.05) is 13.0 Å². The molecule has 1 aliphatic heterocycles. The summed E-state index contributed by atoms with van der Waals surface area (Å²) in [6.45, 7) is 4.39. The topological polar surface area (TPSA) is 38.3 Å². The van der Waals surface area contributed by atoms with Crippen LogP contribution in [0.5, 0.6) is 0 Å². The maximum atomic E-state index is 11.4. The summed E-state index contributed by atoms with van der Waals surface area (Å²) in [6.07, 6.45) is 1.36. The minimum atomic E-state index is -0.120. The van der Waals surface area contributed by atoms with Gasteiger partial charge in [-0.05, 0) is 37.5 Å². The predicted octanol–water partition coefficient (Wildman–Crippen LogP) is 2.28. The van der Waals surface area contributed by atoms with Gasteiger partial charge in [0.05, 0.1) is 13.0 Å².